The Kier molecular flexibility index (Phi) is 6.43. The minimum Gasteiger partial charge on any atom is -0.373 e. The number of halogens is 2. The Labute approximate surface area is 201 Å². The van der Waals surface area contributed by atoms with Crippen molar-refractivity contribution in [1.29, 1.82) is 0 Å². The summed E-state index contributed by atoms with van der Waals surface area (Å²) < 4.78 is 23.1. The number of hydrogen-bond acceptors (Lipinski definition) is 5. The third-order valence-corrected chi connectivity index (χ3v) is 6.39. The molecule has 2 aliphatic rings. The molecule has 1 saturated heterocycles. The molecule has 3 aromatic heterocycles. The first kappa shape index (κ1) is 22.7. The lowest BCUT2D eigenvalue weighted by Gasteiger charge is -2.21. The van der Waals surface area contributed by atoms with Gasteiger partial charge in [-0.2, -0.15) is 10.2 Å². The van der Waals surface area contributed by atoms with Crippen LogP contribution >= 0.6 is 11.6 Å². The Morgan fingerprint density at radius 1 is 1.09 bits per heavy atom. The largest absolute Gasteiger partial charge is 0.373 e. The van der Waals surface area contributed by atoms with E-state index in [2.05, 4.69) is 26.1 Å². The maximum Gasteiger partial charge on any atom is 0.274 e. The lowest BCUT2D eigenvalue weighted by atomic mass is 10.0. The van der Waals surface area contributed by atoms with Gasteiger partial charge in [0, 0.05) is 47.6 Å². The van der Waals surface area contributed by atoms with Gasteiger partial charge in [-0.05, 0) is 56.4 Å². The van der Waals surface area contributed by atoms with Gasteiger partial charge < -0.3 is 4.74 Å². The van der Waals surface area contributed by atoms with Crippen LogP contribution in [0.2, 0.25) is 5.02 Å². The van der Waals surface area contributed by atoms with E-state index in [0.29, 0.717) is 33.6 Å². The number of ether oxygens (including phenoxy) is 1. The van der Waals surface area contributed by atoms with Crippen molar-refractivity contribution < 1.29 is 9.13 Å². The van der Waals surface area contributed by atoms with Crippen LogP contribution in [0.3, 0.4) is 0 Å². The average molecular weight is 482 g/mol. The van der Waals surface area contributed by atoms with E-state index in [1.807, 2.05) is 6.20 Å². The lowest BCUT2D eigenvalue weighted by Crippen LogP contribution is -2.19. The van der Waals surface area contributed by atoms with Crippen LogP contribution < -0.4 is 5.56 Å². The molecule has 1 atom stereocenters. The smallest absolute Gasteiger partial charge is 0.274 e. The second-order valence-corrected chi connectivity index (χ2v) is 9.09. The SMILES string of the molecule is Cn1ncc2c(-c3ccc(Cl)cc3F)nccc2c1=O.c1nn(C2CC2)cc1[C@H]1CCCCO1. The van der Waals surface area contributed by atoms with Gasteiger partial charge in [-0.25, -0.2) is 9.07 Å². The summed E-state index contributed by atoms with van der Waals surface area (Å²) in [7, 11) is 1.56. The molecule has 2 fully saturated rings. The summed E-state index contributed by atoms with van der Waals surface area (Å²) >= 11 is 5.74. The standard InChI is InChI=1S/C14H9ClFN3O.C11H16N2O/c1-19-14(20)9-4-5-17-13(11(9)7-18-19)10-3-2-8(15)6-12(10)16;1-2-6-14-11(3-1)9-7-12-13(8-9)10-4-5-10/h2-7H,1H3;7-8,10-11H,1-6H2/t;11-/m.1/s1. The molecule has 4 heterocycles. The number of pyridine rings is 1. The molecule has 1 aromatic carbocycles. The fraction of sp³-hybridized carbons (Fsp3) is 0.360. The number of aryl methyl sites for hydroxylation is 1. The highest BCUT2D eigenvalue weighted by Crippen LogP contribution is 2.36. The van der Waals surface area contributed by atoms with Crippen molar-refractivity contribution >= 4 is 22.4 Å². The highest BCUT2D eigenvalue weighted by molar-refractivity contribution is 6.30. The van der Waals surface area contributed by atoms with Crippen LogP contribution in [0.15, 0.2) is 53.8 Å². The normalized spacial score (nSPS) is 17.9. The molecule has 0 bridgehead atoms. The molecule has 0 unspecified atom stereocenters. The van der Waals surface area contributed by atoms with Gasteiger partial charge in [0.25, 0.3) is 5.56 Å². The van der Waals surface area contributed by atoms with Crippen LogP contribution in [-0.4, -0.2) is 31.2 Å². The lowest BCUT2D eigenvalue weighted by molar-refractivity contribution is 0.0149. The van der Waals surface area contributed by atoms with Crippen molar-refractivity contribution in [1.82, 2.24) is 24.5 Å². The number of rotatable bonds is 3. The highest BCUT2D eigenvalue weighted by Gasteiger charge is 2.26. The summed E-state index contributed by atoms with van der Waals surface area (Å²) in [5, 5.41) is 9.61. The Balaban J connectivity index is 0.000000150. The third-order valence-electron chi connectivity index (χ3n) is 6.15. The zero-order chi connectivity index (χ0) is 23.7. The van der Waals surface area contributed by atoms with Gasteiger partial charge in [-0.15, -0.1) is 0 Å². The van der Waals surface area contributed by atoms with E-state index >= 15 is 0 Å². The summed E-state index contributed by atoms with van der Waals surface area (Å²) in [6.45, 7) is 0.916. The van der Waals surface area contributed by atoms with Gasteiger partial charge in [0.2, 0.25) is 0 Å². The molecule has 7 nitrogen and oxygen atoms in total. The summed E-state index contributed by atoms with van der Waals surface area (Å²) in [5.41, 5.74) is 1.69. The number of aromatic nitrogens is 5. The van der Waals surface area contributed by atoms with Crippen LogP contribution in [0.1, 0.15) is 49.8 Å². The van der Waals surface area contributed by atoms with Gasteiger partial charge >= 0.3 is 0 Å². The minimum absolute atomic E-state index is 0.250. The number of hydrogen-bond donors (Lipinski definition) is 0. The maximum absolute atomic E-state index is 14.0. The summed E-state index contributed by atoms with van der Waals surface area (Å²) in [4.78, 5) is 16.2. The monoisotopic (exact) mass is 481 g/mol. The average Bonchev–Trinajstić information content (AvgIpc) is 3.59. The van der Waals surface area contributed by atoms with Crippen LogP contribution in [-0.2, 0) is 11.8 Å². The van der Waals surface area contributed by atoms with Gasteiger partial charge in [0.1, 0.15) is 5.82 Å². The molecular weight excluding hydrogens is 457 g/mol. The maximum atomic E-state index is 14.0. The van der Waals surface area contributed by atoms with E-state index in [0.717, 1.165) is 13.0 Å². The van der Waals surface area contributed by atoms with Crippen molar-refractivity contribution in [3.8, 4) is 11.3 Å². The van der Waals surface area contributed by atoms with Crippen LogP contribution in [0.25, 0.3) is 22.0 Å². The van der Waals surface area contributed by atoms with Crippen molar-refractivity contribution in [2.45, 2.75) is 44.2 Å². The fourth-order valence-electron chi connectivity index (χ4n) is 4.12. The van der Waals surface area contributed by atoms with E-state index in [1.165, 1.54) is 60.5 Å². The topological polar surface area (TPSA) is 74.8 Å². The molecule has 176 valence electrons. The second-order valence-electron chi connectivity index (χ2n) is 8.66. The molecule has 1 aliphatic carbocycles. The second kappa shape index (κ2) is 9.64. The van der Waals surface area contributed by atoms with Gasteiger partial charge in [0.15, 0.2) is 0 Å². The number of benzene rings is 1. The minimum atomic E-state index is -0.488. The van der Waals surface area contributed by atoms with Crippen molar-refractivity contribution in [3.05, 3.63) is 75.8 Å². The molecule has 6 rings (SSSR count). The number of nitrogens with zero attached hydrogens (tertiary/aromatic N) is 5. The zero-order valence-electron chi connectivity index (χ0n) is 18.8. The molecule has 34 heavy (non-hydrogen) atoms. The summed E-state index contributed by atoms with van der Waals surface area (Å²) in [6.07, 6.45) is 13.7. The Bertz CT molecular complexity index is 1380. The number of fused-ring (bicyclic) bond motifs is 1. The van der Waals surface area contributed by atoms with Crippen LogP contribution in [0.5, 0.6) is 0 Å². The van der Waals surface area contributed by atoms with Crippen molar-refractivity contribution in [3.63, 3.8) is 0 Å². The van der Waals surface area contributed by atoms with Crippen LogP contribution in [0, 0.1) is 5.82 Å². The van der Waals surface area contributed by atoms with E-state index in [1.54, 1.807) is 19.2 Å². The van der Waals surface area contributed by atoms with E-state index in [-0.39, 0.29) is 11.1 Å². The third kappa shape index (κ3) is 4.74. The Morgan fingerprint density at radius 3 is 2.68 bits per heavy atom. The Morgan fingerprint density at radius 2 is 1.94 bits per heavy atom. The molecule has 0 radical (unpaired) electrons. The van der Waals surface area contributed by atoms with Crippen LogP contribution in [0.4, 0.5) is 4.39 Å². The van der Waals surface area contributed by atoms with E-state index in [9.17, 15) is 9.18 Å². The predicted octanol–water partition coefficient (Wildman–Crippen LogP) is 5.25. The molecule has 4 aromatic rings. The van der Waals surface area contributed by atoms with Crippen molar-refractivity contribution in [2.75, 3.05) is 6.61 Å². The Hall–Kier alpha value is -3.10. The zero-order valence-corrected chi connectivity index (χ0v) is 19.6. The van der Waals surface area contributed by atoms with E-state index in [4.69, 9.17) is 16.3 Å². The van der Waals surface area contributed by atoms with Gasteiger partial charge in [-0.1, -0.05) is 11.6 Å². The van der Waals surface area contributed by atoms with Gasteiger partial charge in [0.05, 0.1) is 35.6 Å². The molecule has 1 saturated carbocycles. The summed E-state index contributed by atoms with van der Waals surface area (Å²) in [5.74, 6) is -0.488. The molecule has 0 amide bonds. The van der Waals surface area contributed by atoms with E-state index < -0.39 is 5.82 Å². The van der Waals surface area contributed by atoms with Gasteiger partial charge in [-0.3, -0.25) is 14.5 Å². The summed E-state index contributed by atoms with van der Waals surface area (Å²) in [6, 6.07) is 6.61. The first-order valence-electron chi connectivity index (χ1n) is 11.4. The molecular formula is C25H25ClFN5O2. The molecule has 9 heteroatoms. The fourth-order valence-corrected chi connectivity index (χ4v) is 4.28. The highest BCUT2D eigenvalue weighted by atomic mass is 35.5. The molecule has 0 spiro atoms. The first-order chi connectivity index (χ1) is 16.5. The molecule has 1 aliphatic heterocycles. The van der Waals surface area contributed by atoms with Crippen molar-refractivity contribution in [2.24, 2.45) is 7.05 Å². The molecule has 0 N–H and O–H groups in total. The predicted molar refractivity (Wildman–Crippen MR) is 128 cm³/mol. The first-order valence-corrected chi connectivity index (χ1v) is 11.8. The quantitative estimate of drug-likeness (QED) is 0.399.